The third-order valence-electron chi connectivity index (χ3n) is 4.68. The minimum absolute atomic E-state index is 0.219. The van der Waals surface area contributed by atoms with Crippen molar-refractivity contribution in [3.8, 4) is 0 Å². The zero-order valence-electron chi connectivity index (χ0n) is 16.4. The highest BCUT2D eigenvalue weighted by Crippen LogP contribution is 2.28. The van der Waals surface area contributed by atoms with Gasteiger partial charge in [0.05, 0.1) is 18.6 Å². The van der Waals surface area contributed by atoms with E-state index in [9.17, 15) is 9.18 Å². The Morgan fingerprint density at radius 3 is 2.27 bits per heavy atom. The molecular formula is C25H23ClFNO2. The molecule has 1 N–H and O–H groups in total. The molecule has 3 nitrogen and oxygen atoms in total. The molecule has 0 unspecified atom stereocenters. The molecule has 0 bridgehead atoms. The van der Waals surface area contributed by atoms with Crippen LogP contribution in [-0.2, 0) is 22.7 Å². The summed E-state index contributed by atoms with van der Waals surface area (Å²) in [5, 5.41) is 3.14. The maximum atomic E-state index is 14.0. The van der Waals surface area contributed by atoms with Crippen molar-refractivity contribution in [3.63, 3.8) is 0 Å². The predicted octanol–water partition coefficient (Wildman–Crippen LogP) is 5.65. The molecule has 0 spiro atoms. The van der Waals surface area contributed by atoms with E-state index in [1.165, 1.54) is 12.1 Å². The molecule has 0 fully saturated rings. The molecule has 2 atom stereocenters. The molecule has 0 aliphatic carbocycles. The van der Waals surface area contributed by atoms with Gasteiger partial charge in [0, 0.05) is 11.6 Å². The van der Waals surface area contributed by atoms with Gasteiger partial charge in [-0.15, -0.1) is 6.58 Å². The average molecular weight is 424 g/mol. The molecule has 0 aromatic heterocycles. The number of benzene rings is 3. The summed E-state index contributed by atoms with van der Waals surface area (Å²) < 4.78 is 20.0. The van der Waals surface area contributed by atoms with Crippen LogP contribution in [0.4, 0.5) is 4.39 Å². The quantitative estimate of drug-likeness (QED) is 0.451. The van der Waals surface area contributed by atoms with Crippen molar-refractivity contribution in [1.82, 2.24) is 5.32 Å². The van der Waals surface area contributed by atoms with Crippen molar-refractivity contribution >= 4 is 17.5 Å². The van der Waals surface area contributed by atoms with Crippen molar-refractivity contribution in [1.29, 1.82) is 0 Å². The van der Waals surface area contributed by atoms with Crippen LogP contribution in [0.3, 0.4) is 0 Å². The molecule has 3 aromatic rings. The maximum Gasteiger partial charge on any atom is 0.230 e. The molecule has 3 aromatic carbocycles. The van der Waals surface area contributed by atoms with E-state index in [0.717, 1.165) is 11.1 Å². The van der Waals surface area contributed by atoms with Crippen LogP contribution in [0.15, 0.2) is 91.5 Å². The summed E-state index contributed by atoms with van der Waals surface area (Å²) in [6, 6.07) is 23.3. The molecule has 0 aliphatic rings. The van der Waals surface area contributed by atoms with Crippen molar-refractivity contribution in [2.75, 3.05) is 0 Å². The summed E-state index contributed by atoms with van der Waals surface area (Å²) in [5.74, 6) is -1.61. The Bertz CT molecular complexity index is 959. The van der Waals surface area contributed by atoms with E-state index >= 15 is 0 Å². The first-order valence-electron chi connectivity index (χ1n) is 9.62. The van der Waals surface area contributed by atoms with E-state index in [1.54, 1.807) is 12.1 Å². The van der Waals surface area contributed by atoms with Gasteiger partial charge in [0.2, 0.25) is 5.91 Å². The van der Waals surface area contributed by atoms with E-state index in [-0.39, 0.29) is 10.9 Å². The summed E-state index contributed by atoms with van der Waals surface area (Å²) in [5.41, 5.74) is 2.36. The molecule has 3 rings (SSSR count). The number of ether oxygens (including phenoxy) is 1. The highest BCUT2D eigenvalue weighted by Gasteiger charge is 2.29. The minimum Gasteiger partial charge on any atom is -0.368 e. The monoisotopic (exact) mass is 423 g/mol. The van der Waals surface area contributed by atoms with E-state index < -0.39 is 17.8 Å². The fourth-order valence-corrected chi connectivity index (χ4v) is 3.44. The second-order valence-corrected chi connectivity index (χ2v) is 7.32. The van der Waals surface area contributed by atoms with Crippen molar-refractivity contribution in [2.45, 2.75) is 25.2 Å². The fourth-order valence-electron chi connectivity index (χ4n) is 3.21. The molecule has 0 saturated carbocycles. The van der Waals surface area contributed by atoms with Crippen molar-refractivity contribution in [3.05, 3.63) is 119 Å². The first-order chi connectivity index (χ1) is 14.6. The largest absolute Gasteiger partial charge is 0.368 e. The molecule has 0 radical (unpaired) electrons. The number of nitrogens with one attached hydrogen (secondary N) is 1. The summed E-state index contributed by atoms with van der Waals surface area (Å²) in [7, 11) is 0. The van der Waals surface area contributed by atoms with Crippen LogP contribution in [0.25, 0.3) is 0 Å². The molecule has 0 saturated heterocycles. The number of halogens is 2. The van der Waals surface area contributed by atoms with Crippen LogP contribution in [-0.4, -0.2) is 12.0 Å². The predicted molar refractivity (Wildman–Crippen MR) is 118 cm³/mol. The number of hydrogen-bond donors (Lipinski definition) is 1. The van der Waals surface area contributed by atoms with Crippen LogP contribution in [0.2, 0.25) is 5.02 Å². The van der Waals surface area contributed by atoms with Crippen LogP contribution >= 0.6 is 11.6 Å². The van der Waals surface area contributed by atoms with Crippen LogP contribution in [0, 0.1) is 5.82 Å². The number of rotatable bonds is 9. The lowest BCUT2D eigenvalue weighted by atomic mass is 9.91. The first-order valence-corrected chi connectivity index (χ1v) is 10.0. The van der Waals surface area contributed by atoms with Gasteiger partial charge in [-0.1, -0.05) is 78.3 Å². The third-order valence-corrected chi connectivity index (χ3v) is 4.90. The Morgan fingerprint density at radius 2 is 1.67 bits per heavy atom. The highest BCUT2D eigenvalue weighted by atomic mass is 35.5. The van der Waals surface area contributed by atoms with Gasteiger partial charge in [-0.3, -0.25) is 4.79 Å². The second kappa shape index (κ2) is 10.7. The van der Waals surface area contributed by atoms with Gasteiger partial charge in [0.15, 0.2) is 0 Å². The van der Waals surface area contributed by atoms with E-state index in [0.29, 0.717) is 18.7 Å². The lowest BCUT2D eigenvalue weighted by Gasteiger charge is -2.25. The van der Waals surface area contributed by atoms with Gasteiger partial charge in [0.25, 0.3) is 0 Å². The Kier molecular flexibility index (Phi) is 7.77. The SMILES string of the molecule is C=C[C@H](OCc1ccccc1)[C@H](C(=O)NCc1ccccc1)c1cc(F)cc(Cl)c1. The lowest BCUT2D eigenvalue weighted by Crippen LogP contribution is -2.36. The Hall–Kier alpha value is -2.95. The standard InChI is InChI=1S/C25H23ClFNO2/c1-2-23(30-17-19-11-7-4-8-12-19)24(20-13-21(26)15-22(27)14-20)25(29)28-16-18-9-5-3-6-10-18/h2-15,23-24H,1,16-17H2,(H,28,29)/t23-,24+/m0/s1. The van der Waals surface area contributed by atoms with Crippen LogP contribution < -0.4 is 5.32 Å². The first kappa shape index (κ1) is 21.8. The lowest BCUT2D eigenvalue weighted by molar-refractivity contribution is -0.125. The molecule has 30 heavy (non-hydrogen) atoms. The molecule has 5 heteroatoms. The Balaban J connectivity index is 1.83. The molecule has 1 amide bonds. The second-order valence-electron chi connectivity index (χ2n) is 6.88. The number of hydrogen-bond acceptors (Lipinski definition) is 2. The van der Waals surface area contributed by atoms with Gasteiger partial charge in [-0.2, -0.15) is 0 Å². The Labute approximate surface area is 181 Å². The number of carbonyl (C=O) groups is 1. The summed E-state index contributed by atoms with van der Waals surface area (Å²) >= 11 is 6.05. The summed E-state index contributed by atoms with van der Waals surface area (Å²) in [6.45, 7) is 4.48. The molecular weight excluding hydrogens is 401 g/mol. The van der Waals surface area contributed by atoms with Crippen molar-refractivity contribution in [2.24, 2.45) is 0 Å². The summed E-state index contributed by atoms with van der Waals surface area (Å²) in [6.07, 6.45) is 0.896. The minimum atomic E-state index is -0.803. The fraction of sp³-hybridized carbons (Fsp3) is 0.160. The molecule has 0 aliphatic heterocycles. The number of carbonyl (C=O) groups excluding carboxylic acids is 1. The topological polar surface area (TPSA) is 38.3 Å². The van der Waals surface area contributed by atoms with E-state index in [4.69, 9.17) is 16.3 Å². The van der Waals surface area contributed by atoms with Gasteiger partial charge >= 0.3 is 0 Å². The smallest absolute Gasteiger partial charge is 0.230 e. The zero-order chi connectivity index (χ0) is 21.3. The molecule has 0 heterocycles. The van der Waals surface area contributed by atoms with Crippen molar-refractivity contribution < 1.29 is 13.9 Å². The third kappa shape index (κ3) is 6.02. The van der Waals surface area contributed by atoms with Gasteiger partial charge in [-0.05, 0) is 34.9 Å². The van der Waals surface area contributed by atoms with E-state index in [2.05, 4.69) is 11.9 Å². The average Bonchev–Trinajstić information content (AvgIpc) is 2.75. The van der Waals surface area contributed by atoms with Gasteiger partial charge in [0.1, 0.15) is 5.82 Å². The maximum absolute atomic E-state index is 14.0. The Morgan fingerprint density at radius 1 is 1.03 bits per heavy atom. The van der Waals surface area contributed by atoms with Crippen LogP contribution in [0.1, 0.15) is 22.6 Å². The van der Waals surface area contributed by atoms with E-state index in [1.807, 2.05) is 60.7 Å². The zero-order valence-corrected chi connectivity index (χ0v) is 17.2. The van der Waals surface area contributed by atoms with Gasteiger partial charge in [-0.25, -0.2) is 4.39 Å². The molecule has 154 valence electrons. The summed E-state index contributed by atoms with van der Waals surface area (Å²) in [4.78, 5) is 13.1. The van der Waals surface area contributed by atoms with Gasteiger partial charge < -0.3 is 10.1 Å². The normalized spacial score (nSPS) is 12.7. The number of amides is 1. The highest BCUT2D eigenvalue weighted by molar-refractivity contribution is 6.30. The van der Waals surface area contributed by atoms with Crippen LogP contribution in [0.5, 0.6) is 0 Å².